The lowest BCUT2D eigenvalue weighted by molar-refractivity contribution is -0.133. The van der Waals surface area contributed by atoms with Crippen LogP contribution in [0.4, 0.5) is 0 Å². The zero-order valence-corrected chi connectivity index (χ0v) is 14.2. The average Bonchev–Trinajstić information content (AvgIpc) is 3.15. The van der Waals surface area contributed by atoms with Gasteiger partial charge in [0.05, 0.1) is 17.7 Å². The van der Waals surface area contributed by atoms with E-state index in [4.69, 9.17) is 16.3 Å². The van der Waals surface area contributed by atoms with Crippen LogP contribution in [0.5, 0.6) is 5.75 Å². The fourth-order valence-electron chi connectivity index (χ4n) is 2.93. The smallest absolute Gasteiger partial charge is 0.222 e. The average molecular weight is 349 g/mol. The number of nitrogens with zero attached hydrogens (tertiary/aromatic N) is 4. The predicted octanol–water partition coefficient (Wildman–Crippen LogP) is 2.95. The molecule has 1 aliphatic rings. The van der Waals surface area contributed by atoms with Gasteiger partial charge in [0.2, 0.25) is 5.91 Å². The van der Waals surface area contributed by atoms with E-state index in [1.165, 1.54) is 6.33 Å². The van der Waals surface area contributed by atoms with Crippen molar-refractivity contribution < 1.29 is 9.53 Å². The highest BCUT2D eigenvalue weighted by molar-refractivity contribution is 6.32. The number of rotatable bonds is 6. The highest BCUT2D eigenvalue weighted by atomic mass is 35.5. The second-order valence-corrected chi connectivity index (χ2v) is 6.30. The summed E-state index contributed by atoms with van der Waals surface area (Å²) in [4.78, 5) is 18.3. The molecule has 0 radical (unpaired) electrons. The number of carbonyl (C=O) groups excluding carboxylic acids is 1. The molecule has 24 heavy (non-hydrogen) atoms. The molecule has 0 bridgehead atoms. The normalized spacial score (nSPS) is 17.7. The Morgan fingerprint density at radius 2 is 2.25 bits per heavy atom. The third kappa shape index (κ3) is 4.26. The molecule has 1 amide bonds. The van der Waals surface area contributed by atoms with Crippen molar-refractivity contribution in [1.82, 2.24) is 19.7 Å². The van der Waals surface area contributed by atoms with E-state index < -0.39 is 0 Å². The van der Waals surface area contributed by atoms with Crippen molar-refractivity contribution in [3.63, 3.8) is 0 Å². The second-order valence-electron chi connectivity index (χ2n) is 5.89. The summed E-state index contributed by atoms with van der Waals surface area (Å²) >= 11 is 6.04. The number of piperidine rings is 1. The van der Waals surface area contributed by atoms with Crippen LogP contribution in [-0.4, -0.2) is 45.3 Å². The SMILES string of the molecule is O=C(CCCOc1ccccc1Cl)N1CCCC(n2cncn2)C1. The van der Waals surface area contributed by atoms with E-state index in [-0.39, 0.29) is 11.9 Å². The van der Waals surface area contributed by atoms with Crippen LogP contribution < -0.4 is 4.74 Å². The number of carbonyl (C=O) groups is 1. The summed E-state index contributed by atoms with van der Waals surface area (Å²) in [5.74, 6) is 0.832. The van der Waals surface area contributed by atoms with Crippen LogP contribution in [0.3, 0.4) is 0 Å². The summed E-state index contributed by atoms with van der Waals surface area (Å²) in [6.45, 7) is 2.00. The van der Waals surface area contributed by atoms with E-state index in [2.05, 4.69) is 10.1 Å². The standard InChI is InChI=1S/C17H21ClN4O2/c18-15-6-1-2-7-16(15)24-10-4-8-17(23)21-9-3-5-14(11-21)22-13-19-12-20-22/h1-2,6-7,12-14H,3-5,8-11H2. The fourth-order valence-corrected chi connectivity index (χ4v) is 3.12. The Kier molecular flexibility index (Phi) is 5.69. The van der Waals surface area contributed by atoms with E-state index in [9.17, 15) is 4.79 Å². The van der Waals surface area contributed by atoms with Crippen molar-refractivity contribution in [3.8, 4) is 5.75 Å². The topological polar surface area (TPSA) is 60.2 Å². The number of hydrogen-bond acceptors (Lipinski definition) is 4. The van der Waals surface area contributed by atoms with Gasteiger partial charge < -0.3 is 9.64 Å². The fraction of sp³-hybridized carbons (Fsp3) is 0.471. The van der Waals surface area contributed by atoms with Gasteiger partial charge in [-0.2, -0.15) is 5.10 Å². The van der Waals surface area contributed by atoms with Gasteiger partial charge in [0, 0.05) is 19.5 Å². The summed E-state index contributed by atoms with van der Waals surface area (Å²) < 4.78 is 7.48. The van der Waals surface area contributed by atoms with E-state index in [0.717, 1.165) is 19.4 Å². The van der Waals surface area contributed by atoms with Gasteiger partial charge in [0.1, 0.15) is 18.4 Å². The molecule has 1 atom stereocenters. The molecule has 3 rings (SSSR count). The summed E-state index contributed by atoms with van der Waals surface area (Å²) in [6.07, 6.45) is 6.43. The van der Waals surface area contributed by atoms with Gasteiger partial charge in [-0.15, -0.1) is 0 Å². The van der Waals surface area contributed by atoms with E-state index in [0.29, 0.717) is 36.8 Å². The van der Waals surface area contributed by atoms with Gasteiger partial charge in [0.15, 0.2) is 0 Å². The van der Waals surface area contributed by atoms with Crippen molar-refractivity contribution in [2.75, 3.05) is 19.7 Å². The molecule has 0 saturated carbocycles. The van der Waals surface area contributed by atoms with Gasteiger partial charge >= 0.3 is 0 Å². The molecule has 0 spiro atoms. The summed E-state index contributed by atoms with van der Waals surface area (Å²) in [6, 6.07) is 7.59. The predicted molar refractivity (Wildman–Crippen MR) is 91.1 cm³/mol. The van der Waals surface area contributed by atoms with E-state index in [1.807, 2.05) is 27.8 Å². The summed E-state index contributed by atoms with van der Waals surface area (Å²) in [5.41, 5.74) is 0. The number of amides is 1. The molecule has 1 aromatic carbocycles. The number of likely N-dealkylation sites (tertiary alicyclic amines) is 1. The molecule has 6 nitrogen and oxygen atoms in total. The lowest BCUT2D eigenvalue weighted by Gasteiger charge is -2.32. The minimum absolute atomic E-state index is 0.169. The third-order valence-corrected chi connectivity index (χ3v) is 4.50. The number of aromatic nitrogens is 3. The summed E-state index contributed by atoms with van der Waals surface area (Å²) in [7, 11) is 0. The first kappa shape index (κ1) is 16.8. The van der Waals surface area contributed by atoms with E-state index >= 15 is 0 Å². The first-order valence-corrected chi connectivity index (χ1v) is 8.61. The van der Waals surface area contributed by atoms with Crippen LogP contribution in [0, 0.1) is 0 Å². The van der Waals surface area contributed by atoms with Crippen LogP contribution in [-0.2, 0) is 4.79 Å². The maximum atomic E-state index is 12.4. The minimum Gasteiger partial charge on any atom is -0.492 e. The Bertz CT molecular complexity index is 662. The van der Waals surface area contributed by atoms with Gasteiger partial charge in [0.25, 0.3) is 0 Å². The Morgan fingerprint density at radius 1 is 1.38 bits per heavy atom. The Labute approximate surface area is 146 Å². The molecular weight excluding hydrogens is 328 g/mol. The zero-order valence-electron chi connectivity index (χ0n) is 13.5. The van der Waals surface area contributed by atoms with Crippen molar-refractivity contribution in [3.05, 3.63) is 41.9 Å². The molecule has 2 heterocycles. The Morgan fingerprint density at radius 3 is 3.04 bits per heavy atom. The molecule has 128 valence electrons. The molecule has 1 unspecified atom stereocenters. The minimum atomic E-state index is 0.169. The highest BCUT2D eigenvalue weighted by Crippen LogP contribution is 2.24. The second kappa shape index (κ2) is 8.15. The monoisotopic (exact) mass is 348 g/mol. The first-order valence-electron chi connectivity index (χ1n) is 8.23. The van der Waals surface area contributed by atoms with Crippen LogP contribution in [0.25, 0.3) is 0 Å². The van der Waals surface area contributed by atoms with E-state index in [1.54, 1.807) is 12.4 Å². The number of para-hydroxylation sites is 1. The third-order valence-electron chi connectivity index (χ3n) is 4.19. The zero-order chi connectivity index (χ0) is 16.8. The van der Waals surface area contributed by atoms with Gasteiger partial charge in [-0.25, -0.2) is 9.67 Å². The van der Waals surface area contributed by atoms with Crippen molar-refractivity contribution in [1.29, 1.82) is 0 Å². The van der Waals surface area contributed by atoms with Crippen LogP contribution in [0.1, 0.15) is 31.7 Å². The molecule has 2 aromatic rings. The highest BCUT2D eigenvalue weighted by Gasteiger charge is 2.24. The molecule has 7 heteroatoms. The van der Waals surface area contributed by atoms with Crippen molar-refractivity contribution >= 4 is 17.5 Å². The van der Waals surface area contributed by atoms with Crippen LogP contribution in [0.2, 0.25) is 5.02 Å². The summed E-state index contributed by atoms with van der Waals surface area (Å²) in [5, 5.41) is 4.78. The van der Waals surface area contributed by atoms with Crippen molar-refractivity contribution in [2.24, 2.45) is 0 Å². The van der Waals surface area contributed by atoms with Crippen LogP contribution in [0.15, 0.2) is 36.9 Å². The molecule has 0 aliphatic carbocycles. The quantitative estimate of drug-likeness (QED) is 0.753. The molecule has 0 N–H and O–H groups in total. The Hall–Kier alpha value is -2.08. The molecule has 1 aromatic heterocycles. The van der Waals surface area contributed by atoms with Crippen molar-refractivity contribution in [2.45, 2.75) is 31.7 Å². The molecule has 1 saturated heterocycles. The maximum Gasteiger partial charge on any atom is 0.222 e. The number of ether oxygens (including phenoxy) is 1. The number of halogens is 1. The molecule has 1 aliphatic heterocycles. The van der Waals surface area contributed by atoms with Gasteiger partial charge in [-0.3, -0.25) is 4.79 Å². The van der Waals surface area contributed by atoms with Gasteiger partial charge in [-0.05, 0) is 31.4 Å². The number of benzene rings is 1. The van der Waals surface area contributed by atoms with Crippen LogP contribution >= 0.6 is 11.6 Å². The lowest BCUT2D eigenvalue weighted by atomic mass is 10.1. The largest absolute Gasteiger partial charge is 0.492 e. The molecule has 1 fully saturated rings. The molecular formula is C17H21ClN4O2. The first-order chi connectivity index (χ1) is 11.7. The van der Waals surface area contributed by atoms with Gasteiger partial charge in [-0.1, -0.05) is 23.7 Å². The number of hydrogen-bond donors (Lipinski definition) is 0. The Balaban J connectivity index is 1.42. The lowest BCUT2D eigenvalue weighted by Crippen LogP contribution is -2.40. The maximum absolute atomic E-state index is 12.4.